The third kappa shape index (κ3) is 3.28. The number of hydrogen-bond acceptors (Lipinski definition) is 4. The number of rotatable bonds is 4. The number of likely N-dealkylation sites (N-methyl/N-ethyl adjacent to an activating group) is 1. The smallest absolute Gasteiger partial charge is 0.237 e. The van der Waals surface area contributed by atoms with Gasteiger partial charge < -0.3 is 5.32 Å². The van der Waals surface area contributed by atoms with Gasteiger partial charge in [0, 0.05) is 7.05 Å². The SMILES string of the molecule is CNC(=O)C1CCCN1CC(=O)c1cc(Cl)sc1Cl. The highest BCUT2D eigenvalue weighted by Gasteiger charge is 2.31. The zero-order chi connectivity index (χ0) is 14.0. The largest absolute Gasteiger partial charge is 0.358 e. The van der Waals surface area contributed by atoms with Gasteiger partial charge in [-0.2, -0.15) is 0 Å². The van der Waals surface area contributed by atoms with Crippen LogP contribution in [0.1, 0.15) is 23.2 Å². The molecule has 1 aliphatic rings. The van der Waals surface area contributed by atoms with Crippen molar-refractivity contribution in [2.24, 2.45) is 0 Å². The number of carbonyl (C=O) groups excluding carboxylic acids is 2. The number of nitrogens with one attached hydrogen (secondary N) is 1. The Labute approximate surface area is 125 Å². The molecule has 1 aromatic heterocycles. The summed E-state index contributed by atoms with van der Waals surface area (Å²) in [5.41, 5.74) is 0.444. The van der Waals surface area contributed by atoms with Crippen molar-refractivity contribution < 1.29 is 9.59 Å². The summed E-state index contributed by atoms with van der Waals surface area (Å²) >= 11 is 13.0. The van der Waals surface area contributed by atoms with Crippen LogP contribution in [0.25, 0.3) is 0 Å². The average Bonchev–Trinajstić information content (AvgIpc) is 2.95. The Morgan fingerprint density at radius 2 is 2.26 bits per heavy atom. The van der Waals surface area contributed by atoms with Crippen molar-refractivity contribution in [3.63, 3.8) is 0 Å². The van der Waals surface area contributed by atoms with E-state index < -0.39 is 0 Å². The molecule has 2 rings (SSSR count). The van der Waals surface area contributed by atoms with E-state index in [1.807, 2.05) is 4.90 Å². The summed E-state index contributed by atoms with van der Waals surface area (Å²) in [6, 6.07) is 1.36. The molecule has 1 unspecified atom stereocenters. The van der Waals surface area contributed by atoms with Gasteiger partial charge in [0.05, 0.1) is 22.5 Å². The second-order valence-corrected chi connectivity index (χ2v) is 6.69. The third-order valence-electron chi connectivity index (χ3n) is 3.22. The lowest BCUT2D eigenvalue weighted by Gasteiger charge is -2.21. The fourth-order valence-corrected chi connectivity index (χ4v) is 3.78. The summed E-state index contributed by atoms with van der Waals surface area (Å²) in [5, 5.41) is 2.63. The molecule has 19 heavy (non-hydrogen) atoms. The molecule has 2 heterocycles. The molecule has 0 spiro atoms. The Hall–Kier alpha value is -0.620. The van der Waals surface area contributed by atoms with Crippen molar-refractivity contribution in [1.29, 1.82) is 0 Å². The number of thiophene rings is 1. The van der Waals surface area contributed by atoms with Crippen molar-refractivity contribution >= 4 is 46.2 Å². The second-order valence-electron chi connectivity index (χ2n) is 4.40. The van der Waals surface area contributed by atoms with E-state index in [9.17, 15) is 9.59 Å². The van der Waals surface area contributed by atoms with Gasteiger partial charge >= 0.3 is 0 Å². The van der Waals surface area contributed by atoms with Gasteiger partial charge in [0.1, 0.15) is 4.34 Å². The standard InChI is InChI=1S/C12H14Cl2N2O2S/c1-15-12(18)8-3-2-4-16(8)6-9(17)7-5-10(13)19-11(7)14/h5,8H,2-4,6H2,1H3,(H,15,18). The quantitative estimate of drug-likeness (QED) is 0.867. The number of ketones is 1. The van der Waals surface area contributed by atoms with Crippen LogP contribution in [0, 0.1) is 0 Å². The van der Waals surface area contributed by atoms with Gasteiger partial charge in [0.15, 0.2) is 5.78 Å². The molecule has 0 radical (unpaired) electrons. The van der Waals surface area contributed by atoms with Crippen LogP contribution in [-0.4, -0.2) is 42.8 Å². The van der Waals surface area contributed by atoms with Crippen LogP contribution in [0.4, 0.5) is 0 Å². The molecule has 0 bridgehead atoms. The van der Waals surface area contributed by atoms with Gasteiger partial charge in [0.2, 0.25) is 5.91 Å². The van der Waals surface area contributed by atoms with Gasteiger partial charge in [-0.15, -0.1) is 11.3 Å². The second kappa shape index (κ2) is 6.22. The van der Waals surface area contributed by atoms with Crippen molar-refractivity contribution in [1.82, 2.24) is 10.2 Å². The maximum absolute atomic E-state index is 12.2. The molecule has 1 fully saturated rings. The van der Waals surface area contributed by atoms with Gasteiger partial charge in [-0.25, -0.2) is 0 Å². The van der Waals surface area contributed by atoms with Crippen LogP contribution >= 0.6 is 34.5 Å². The first kappa shape index (κ1) is 14.8. The van der Waals surface area contributed by atoms with Gasteiger partial charge in [-0.05, 0) is 25.5 Å². The Morgan fingerprint density at radius 3 is 2.84 bits per heavy atom. The zero-order valence-corrected chi connectivity index (χ0v) is 12.7. The highest BCUT2D eigenvalue weighted by molar-refractivity contribution is 7.20. The van der Waals surface area contributed by atoms with Crippen molar-refractivity contribution in [3.05, 3.63) is 20.3 Å². The number of amides is 1. The Bertz CT molecular complexity index is 504. The highest BCUT2D eigenvalue weighted by atomic mass is 35.5. The molecule has 1 atom stereocenters. The summed E-state index contributed by atoms with van der Waals surface area (Å²) in [6.07, 6.45) is 1.70. The molecule has 1 N–H and O–H groups in total. The van der Waals surface area contributed by atoms with Crippen molar-refractivity contribution in [2.45, 2.75) is 18.9 Å². The van der Waals surface area contributed by atoms with Gasteiger partial charge in [-0.1, -0.05) is 23.2 Å². The summed E-state index contributed by atoms with van der Waals surface area (Å²) in [7, 11) is 1.61. The van der Waals surface area contributed by atoms with Crippen LogP contribution in [0.2, 0.25) is 8.67 Å². The van der Waals surface area contributed by atoms with E-state index in [0.717, 1.165) is 19.4 Å². The Morgan fingerprint density at radius 1 is 1.53 bits per heavy atom. The fraction of sp³-hybridized carbons (Fsp3) is 0.500. The topological polar surface area (TPSA) is 49.4 Å². The Balaban J connectivity index is 2.06. The number of Topliss-reactive ketones (excluding diaryl/α,β-unsaturated/α-hetero) is 1. The van der Waals surface area contributed by atoms with Crippen LogP contribution in [0.15, 0.2) is 6.07 Å². The normalized spacial score (nSPS) is 19.6. The number of carbonyl (C=O) groups is 2. The predicted molar refractivity (Wildman–Crippen MR) is 77.3 cm³/mol. The maximum atomic E-state index is 12.2. The number of likely N-dealkylation sites (tertiary alicyclic amines) is 1. The molecular weight excluding hydrogens is 307 g/mol. The average molecular weight is 321 g/mol. The highest BCUT2D eigenvalue weighted by Crippen LogP contribution is 2.32. The molecule has 0 saturated carbocycles. The van der Waals surface area contributed by atoms with Crippen LogP contribution in [0.5, 0.6) is 0 Å². The molecule has 1 saturated heterocycles. The van der Waals surface area contributed by atoms with E-state index in [-0.39, 0.29) is 24.3 Å². The van der Waals surface area contributed by atoms with Gasteiger partial charge in [-0.3, -0.25) is 14.5 Å². The number of hydrogen-bond donors (Lipinski definition) is 1. The lowest BCUT2D eigenvalue weighted by Crippen LogP contribution is -2.43. The molecule has 0 aliphatic carbocycles. The van der Waals surface area contributed by atoms with E-state index >= 15 is 0 Å². The summed E-state index contributed by atoms with van der Waals surface area (Å²) in [4.78, 5) is 25.8. The summed E-state index contributed by atoms with van der Waals surface area (Å²) < 4.78 is 0.906. The number of nitrogens with zero attached hydrogens (tertiary/aromatic N) is 1. The lowest BCUT2D eigenvalue weighted by molar-refractivity contribution is -0.124. The first-order chi connectivity index (χ1) is 9.02. The minimum absolute atomic E-state index is 0.0419. The minimum atomic E-state index is -0.221. The molecule has 1 amide bonds. The summed E-state index contributed by atoms with van der Waals surface area (Å²) in [6.45, 7) is 0.949. The third-order valence-corrected chi connectivity index (χ3v) is 4.70. The molecule has 4 nitrogen and oxygen atoms in total. The van der Waals surface area contributed by atoms with E-state index in [1.54, 1.807) is 13.1 Å². The first-order valence-electron chi connectivity index (χ1n) is 5.96. The van der Waals surface area contributed by atoms with E-state index in [1.165, 1.54) is 11.3 Å². The lowest BCUT2D eigenvalue weighted by atomic mass is 10.1. The van der Waals surface area contributed by atoms with Crippen LogP contribution < -0.4 is 5.32 Å². The van der Waals surface area contributed by atoms with E-state index in [4.69, 9.17) is 23.2 Å². The molecule has 0 aromatic carbocycles. The monoisotopic (exact) mass is 320 g/mol. The Kier molecular flexibility index (Phi) is 4.84. The van der Waals surface area contributed by atoms with Crippen molar-refractivity contribution in [3.8, 4) is 0 Å². The molecule has 7 heteroatoms. The molecule has 1 aromatic rings. The van der Waals surface area contributed by atoms with E-state index in [0.29, 0.717) is 14.2 Å². The van der Waals surface area contributed by atoms with E-state index in [2.05, 4.69) is 5.32 Å². The van der Waals surface area contributed by atoms with Crippen LogP contribution in [0.3, 0.4) is 0 Å². The van der Waals surface area contributed by atoms with Crippen molar-refractivity contribution in [2.75, 3.05) is 20.1 Å². The zero-order valence-electron chi connectivity index (χ0n) is 10.4. The number of halogens is 2. The molecular formula is C12H14Cl2N2O2S. The predicted octanol–water partition coefficient (Wildman–Crippen LogP) is 2.45. The van der Waals surface area contributed by atoms with Crippen LogP contribution in [-0.2, 0) is 4.79 Å². The maximum Gasteiger partial charge on any atom is 0.237 e. The van der Waals surface area contributed by atoms with Gasteiger partial charge in [0.25, 0.3) is 0 Å². The first-order valence-corrected chi connectivity index (χ1v) is 7.54. The summed E-state index contributed by atoms with van der Waals surface area (Å²) in [5.74, 6) is -0.135. The molecule has 104 valence electrons. The molecule has 1 aliphatic heterocycles. The minimum Gasteiger partial charge on any atom is -0.358 e. The fourth-order valence-electron chi connectivity index (χ4n) is 2.28.